The van der Waals surface area contributed by atoms with E-state index in [4.69, 9.17) is 15.2 Å². The van der Waals surface area contributed by atoms with Crippen molar-refractivity contribution in [1.29, 1.82) is 0 Å². The van der Waals surface area contributed by atoms with Crippen LogP contribution in [0.15, 0.2) is 48.5 Å². The number of urea groups is 1. The van der Waals surface area contributed by atoms with Gasteiger partial charge in [0.15, 0.2) is 0 Å². The lowest BCUT2D eigenvalue weighted by molar-refractivity contribution is -0.384. The molecule has 34 heavy (non-hydrogen) atoms. The standard InChI is InChI=1S/C21H23N5O8/c22-20(29)23-11-1-2-18(24-13-27)19(28)25-15-5-3-14(4-6-15)12-33-21(30)34-17-9-7-16(8-10-17)26(31)32/h3-10,13,18H,1-2,11-12H2,(H,24,27)(H,25,28)(H3,22,23,29). The molecule has 0 radical (unpaired) electrons. The number of nitro benzene ring substituents is 1. The molecule has 0 spiro atoms. The number of carbonyl (C=O) groups excluding carboxylic acids is 4. The Labute approximate surface area is 193 Å². The monoisotopic (exact) mass is 473 g/mol. The van der Waals surface area contributed by atoms with Crippen LogP contribution in [-0.4, -0.2) is 42.0 Å². The van der Waals surface area contributed by atoms with Crippen LogP contribution in [0.5, 0.6) is 5.75 Å². The number of rotatable bonds is 12. The molecule has 0 saturated carbocycles. The van der Waals surface area contributed by atoms with Gasteiger partial charge in [0.05, 0.1) is 4.92 Å². The molecule has 0 aliphatic heterocycles. The summed E-state index contributed by atoms with van der Waals surface area (Å²) in [7, 11) is 0. The highest BCUT2D eigenvalue weighted by atomic mass is 16.7. The van der Waals surface area contributed by atoms with Crippen LogP contribution in [0.25, 0.3) is 0 Å². The third kappa shape index (κ3) is 8.82. The van der Waals surface area contributed by atoms with Gasteiger partial charge in [-0.1, -0.05) is 12.1 Å². The smallest absolute Gasteiger partial charge is 0.429 e. The number of hydrogen-bond donors (Lipinski definition) is 4. The molecule has 0 bridgehead atoms. The molecule has 0 saturated heterocycles. The summed E-state index contributed by atoms with van der Waals surface area (Å²) in [5.74, 6) is -0.348. The maximum absolute atomic E-state index is 12.4. The molecule has 4 amide bonds. The average molecular weight is 473 g/mol. The van der Waals surface area contributed by atoms with Crippen molar-refractivity contribution in [2.75, 3.05) is 11.9 Å². The first kappa shape index (κ1) is 25.6. The Morgan fingerprint density at radius 3 is 2.35 bits per heavy atom. The van der Waals surface area contributed by atoms with E-state index in [0.29, 0.717) is 24.1 Å². The summed E-state index contributed by atoms with van der Waals surface area (Å²) in [5, 5.41) is 18.1. The number of non-ortho nitro benzene ring substituents is 1. The zero-order chi connectivity index (χ0) is 24.9. The van der Waals surface area contributed by atoms with Crippen molar-refractivity contribution in [2.45, 2.75) is 25.5 Å². The van der Waals surface area contributed by atoms with E-state index in [1.807, 2.05) is 0 Å². The van der Waals surface area contributed by atoms with Gasteiger partial charge >= 0.3 is 12.2 Å². The minimum atomic E-state index is -0.986. The van der Waals surface area contributed by atoms with Crippen LogP contribution < -0.4 is 26.4 Å². The summed E-state index contributed by atoms with van der Waals surface area (Å²) in [4.78, 5) is 55.7. The van der Waals surface area contributed by atoms with Crippen LogP contribution in [-0.2, 0) is 20.9 Å². The largest absolute Gasteiger partial charge is 0.514 e. The molecule has 0 aliphatic rings. The van der Waals surface area contributed by atoms with Gasteiger partial charge < -0.3 is 31.2 Å². The van der Waals surface area contributed by atoms with E-state index in [0.717, 1.165) is 0 Å². The lowest BCUT2D eigenvalue weighted by atomic mass is 10.1. The fourth-order valence-corrected chi connectivity index (χ4v) is 2.71. The number of ether oxygens (including phenoxy) is 2. The van der Waals surface area contributed by atoms with Gasteiger partial charge in [0.2, 0.25) is 12.3 Å². The molecule has 1 unspecified atom stereocenters. The quantitative estimate of drug-likeness (QED) is 0.0895. The maximum Gasteiger partial charge on any atom is 0.514 e. The second-order valence-corrected chi connectivity index (χ2v) is 6.85. The van der Waals surface area contributed by atoms with Crippen molar-refractivity contribution in [3.05, 3.63) is 64.2 Å². The van der Waals surface area contributed by atoms with Crippen LogP contribution in [0.2, 0.25) is 0 Å². The number of nitrogens with two attached hydrogens (primary N) is 1. The van der Waals surface area contributed by atoms with Crippen molar-refractivity contribution in [3.63, 3.8) is 0 Å². The molecular weight excluding hydrogens is 450 g/mol. The lowest BCUT2D eigenvalue weighted by Crippen LogP contribution is -2.40. The van der Waals surface area contributed by atoms with Crippen LogP contribution in [0.4, 0.5) is 21.0 Å². The van der Waals surface area contributed by atoms with Gasteiger partial charge in [0, 0.05) is 24.4 Å². The van der Waals surface area contributed by atoms with E-state index in [9.17, 15) is 29.3 Å². The summed E-state index contributed by atoms with van der Waals surface area (Å²) in [6.45, 7) is 0.156. The minimum Gasteiger partial charge on any atom is -0.429 e. The molecule has 0 aliphatic carbocycles. The molecule has 0 fully saturated rings. The zero-order valence-corrected chi connectivity index (χ0v) is 17.9. The summed E-state index contributed by atoms with van der Waals surface area (Å²) in [6, 6.07) is 9.88. The highest BCUT2D eigenvalue weighted by Crippen LogP contribution is 2.18. The number of primary amides is 1. The molecule has 0 heterocycles. The van der Waals surface area contributed by atoms with Crippen molar-refractivity contribution in [1.82, 2.24) is 10.6 Å². The molecule has 13 nitrogen and oxygen atoms in total. The van der Waals surface area contributed by atoms with E-state index in [2.05, 4.69) is 16.0 Å². The van der Waals surface area contributed by atoms with E-state index in [-0.39, 0.29) is 31.0 Å². The molecular formula is C21H23N5O8. The first-order valence-electron chi connectivity index (χ1n) is 10.0. The molecule has 2 rings (SSSR count). The zero-order valence-electron chi connectivity index (χ0n) is 17.9. The number of nitro groups is 1. The molecule has 180 valence electrons. The van der Waals surface area contributed by atoms with Crippen molar-refractivity contribution in [3.8, 4) is 5.75 Å². The average Bonchev–Trinajstić information content (AvgIpc) is 2.80. The Kier molecular flexibility index (Phi) is 9.78. The fourth-order valence-electron chi connectivity index (χ4n) is 2.71. The minimum absolute atomic E-state index is 0.0950. The lowest BCUT2D eigenvalue weighted by Gasteiger charge is -2.16. The van der Waals surface area contributed by atoms with Gasteiger partial charge in [-0.3, -0.25) is 19.7 Å². The highest BCUT2D eigenvalue weighted by Gasteiger charge is 2.17. The van der Waals surface area contributed by atoms with E-state index in [1.165, 1.54) is 24.3 Å². The highest BCUT2D eigenvalue weighted by molar-refractivity contribution is 5.95. The Morgan fingerprint density at radius 1 is 1.09 bits per heavy atom. The van der Waals surface area contributed by atoms with Crippen LogP contribution in [0.1, 0.15) is 18.4 Å². The maximum atomic E-state index is 12.4. The molecule has 1 atom stereocenters. The number of carbonyl (C=O) groups is 4. The predicted molar refractivity (Wildman–Crippen MR) is 119 cm³/mol. The number of anilines is 1. The molecule has 13 heteroatoms. The second kappa shape index (κ2) is 13.0. The Balaban J connectivity index is 1.81. The fraction of sp³-hybridized carbons (Fsp3) is 0.238. The number of amides is 4. The van der Waals surface area contributed by atoms with Crippen molar-refractivity contribution >= 4 is 35.9 Å². The topological polar surface area (TPSA) is 192 Å². The number of nitrogens with zero attached hydrogens (tertiary/aromatic N) is 1. The van der Waals surface area contributed by atoms with Gasteiger partial charge in [-0.25, -0.2) is 9.59 Å². The molecule has 0 aromatic heterocycles. The van der Waals surface area contributed by atoms with Gasteiger partial charge in [0.1, 0.15) is 18.4 Å². The summed E-state index contributed by atoms with van der Waals surface area (Å²) in [6.07, 6.45) is 0.142. The molecule has 5 N–H and O–H groups in total. The Bertz CT molecular complexity index is 1010. The van der Waals surface area contributed by atoms with Crippen LogP contribution in [0, 0.1) is 10.1 Å². The summed E-state index contributed by atoms with van der Waals surface area (Å²) >= 11 is 0. The van der Waals surface area contributed by atoms with Gasteiger partial charge in [0.25, 0.3) is 5.69 Å². The first-order chi connectivity index (χ1) is 16.3. The van der Waals surface area contributed by atoms with E-state index < -0.39 is 29.1 Å². The second-order valence-electron chi connectivity index (χ2n) is 6.85. The van der Waals surface area contributed by atoms with E-state index >= 15 is 0 Å². The van der Waals surface area contributed by atoms with Gasteiger partial charge in [-0.05, 0) is 42.7 Å². The Morgan fingerprint density at radius 2 is 1.76 bits per heavy atom. The van der Waals surface area contributed by atoms with Crippen molar-refractivity contribution < 1.29 is 33.6 Å². The number of benzene rings is 2. The molecule has 2 aromatic rings. The van der Waals surface area contributed by atoms with Gasteiger partial charge in [-0.15, -0.1) is 0 Å². The van der Waals surface area contributed by atoms with E-state index in [1.54, 1.807) is 24.3 Å². The SMILES string of the molecule is NC(=O)NCCCC(NC=O)C(=O)Nc1ccc(COC(=O)Oc2ccc([N+](=O)[O-])cc2)cc1. The first-order valence-corrected chi connectivity index (χ1v) is 10.0. The van der Waals surface area contributed by atoms with Crippen LogP contribution in [0.3, 0.4) is 0 Å². The summed E-state index contributed by atoms with van der Waals surface area (Å²) in [5.41, 5.74) is 5.90. The Hall–Kier alpha value is -4.68. The summed E-state index contributed by atoms with van der Waals surface area (Å²) < 4.78 is 9.95. The molecule has 2 aromatic carbocycles. The number of hydrogen-bond acceptors (Lipinski definition) is 8. The number of nitrogens with one attached hydrogen (secondary N) is 3. The predicted octanol–water partition coefficient (Wildman–Crippen LogP) is 1.81. The van der Waals surface area contributed by atoms with Gasteiger partial charge in [-0.2, -0.15) is 0 Å². The van der Waals surface area contributed by atoms with Crippen LogP contribution >= 0.6 is 0 Å². The van der Waals surface area contributed by atoms with Crippen molar-refractivity contribution in [2.24, 2.45) is 5.73 Å². The normalized spacial score (nSPS) is 10.9. The third-order valence-corrected chi connectivity index (χ3v) is 4.38. The third-order valence-electron chi connectivity index (χ3n) is 4.38.